The highest BCUT2D eigenvalue weighted by molar-refractivity contribution is 6.31. The minimum absolute atomic E-state index is 0.0130. The molecule has 0 bridgehead atoms. The monoisotopic (exact) mass is 506 g/mol. The van der Waals surface area contributed by atoms with E-state index in [9.17, 15) is 14.4 Å². The first-order chi connectivity index (χ1) is 16.7. The summed E-state index contributed by atoms with van der Waals surface area (Å²) in [7, 11) is 1.99. The second kappa shape index (κ2) is 13.1. The zero-order chi connectivity index (χ0) is 25.4. The second-order valence-electron chi connectivity index (χ2n) is 10.0. The van der Waals surface area contributed by atoms with Crippen LogP contribution in [0, 0.1) is 5.92 Å². The molecule has 3 amide bonds. The van der Waals surface area contributed by atoms with Crippen LogP contribution in [0.15, 0.2) is 18.2 Å². The lowest BCUT2D eigenvalue weighted by molar-refractivity contribution is -0.137. The molecule has 1 atom stereocenters. The highest BCUT2D eigenvalue weighted by atomic mass is 35.5. The third-order valence-corrected chi connectivity index (χ3v) is 7.15. The topological polar surface area (TPSA) is 91.0 Å². The van der Waals surface area contributed by atoms with E-state index in [0.717, 1.165) is 12.8 Å². The molecule has 1 aliphatic heterocycles. The van der Waals surface area contributed by atoms with Crippen LogP contribution in [0.3, 0.4) is 0 Å². The van der Waals surface area contributed by atoms with Crippen LogP contribution in [0.25, 0.3) is 0 Å². The minimum atomic E-state index is -0.280. The molecular formula is C26H39ClN4O4. The molecule has 0 saturated heterocycles. The van der Waals surface area contributed by atoms with Crippen LogP contribution in [-0.2, 0) is 9.59 Å². The fourth-order valence-electron chi connectivity index (χ4n) is 4.62. The summed E-state index contributed by atoms with van der Waals surface area (Å²) in [6.45, 7) is 5.43. The van der Waals surface area contributed by atoms with E-state index in [1.165, 1.54) is 12.8 Å². The van der Waals surface area contributed by atoms with Crippen LogP contribution in [0.4, 0.5) is 0 Å². The Labute approximate surface area is 213 Å². The van der Waals surface area contributed by atoms with E-state index in [-0.39, 0.29) is 42.8 Å². The predicted molar refractivity (Wildman–Crippen MR) is 137 cm³/mol. The molecule has 1 saturated carbocycles. The van der Waals surface area contributed by atoms with Gasteiger partial charge in [-0.3, -0.25) is 19.3 Å². The van der Waals surface area contributed by atoms with Gasteiger partial charge in [-0.25, -0.2) is 0 Å². The molecule has 1 fully saturated rings. The first-order valence-electron chi connectivity index (χ1n) is 12.7. The van der Waals surface area contributed by atoms with E-state index in [0.29, 0.717) is 54.9 Å². The average molecular weight is 507 g/mol. The molecule has 2 N–H and O–H groups in total. The summed E-state index contributed by atoms with van der Waals surface area (Å²) in [6, 6.07) is 5.10. The summed E-state index contributed by atoms with van der Waals surface area (Å²) in [6.07, 6.45) is 6.01. The third-order valence-electron chi connectivity index (χ3n) is 6.92. The van der Waals surface area contributed by atoms with Gasteiger partial charge in [-0.1, -0.05) is 38.3 Å². The number of hydrogen-bond donors (Lipinski definition) is 2. The Hall–Kier alpha value is -2.32. The molecule has 1 aliphatic carbocycles. The zero-order valence-electron chi connectivity index (χ0n) is 21.1. The van der Waals surface area contributed by atoms with Gasteiger partial charge in [0.05, 0.1) is 24.7 Å². The second-order valence-corrected chi connectivity index (χ2v) is 10.4. The van der Waals surface area contributed by atoms with Gasteiger partial charge in [0.1, 0.15) is 12.4 Å². The molecule has 0 radical (unpaired) electrons. The molecule has 1 heterocycles. The molecule has 9 heteroatoms. The number of fused-ring (bicyclic) bond motifs is 1. The summed E-state index contributed by atoms with van der Waals surface area (Å²) < 4.78 is 5.97. The zero-order valence-corrected chi connectivity index (χ0v) is 21.9. The smallest absolute Gasteiger partial charge is 0.255 e. The molecule has 0 aromatic heterocycles. The summed E-state index contributed by atoms with van der Waals surface area (Å²) in [5.74, 6) is 0.0192. The van der Waals surface area contributed by atoms with E-state index in [4.69, 9.17) is 16.3 Å². The van der Waals surface area contributed by atoms with Crippen molar-refractivity contribution in [1.82, 2.24) is 20.4 Å². The Morgan fingerprint density at radius 2 is 1.94 bits per heavy atom. The standard InChI is InChI=1S/C26H39ClN4O4/c1-18(2)22-17-35-23-11-10-19(27)14-21(23)26(34)28-12-6-7-13-31(15-24(32)29-22)25(33)16-30(3)20-8-4-5-9-20/h10-11,14,18,20,22H,4-9,12-13,15-17H2,1-3H3,(H,28,34)(H,29,32)/t22-/m0/s1. The molecule has 1 aromatic carbocycles. The lowest BCUT2D eigenvalue weighted by Crippen LogP contribution is -2.50. The lowest BCUT2D eigenvalue weighted by Gasteiger charge is -2.29. The van der Waals surface area contributed by atoms with Gasteiger partial charge in [0.15, 0.2) is 0 Å². The number of carbonyl (C=O) groups excluding carboxylic acids is 3. The number of nitrogens with zero attached hydrogens (tertiary/aromatic N) is 2. The van der Waals surface area contributed by atoms with Crippen molar-refractivity contribution in [2.24, 2.45) is 5.92 Å². The van der Waals surface area contributed by atoms with Gasteiger partial charge in [-0.2, -0.15) is 0 Å². The van der Waals surface area contributed by atoms with E-state index < -0.39 is 0 Å². The van der Waals surface area contributed by atoms with Gasteiger partial charge < -0.3 is 20.3 Å². The molecule has 194 valence electrons. The number of carbonyl (C=O) groups is 3. The van der Waals surface area contributed by atoms with Crippen molar-refractivity contribution in [3.63, 3.8) is 0 Å². The molecule has 1 aromatic rings. The number of benzene rings is 1. The minimum Gasteiger partial charge on any atom is -0.491 e. The Morgan fingerprint density at radius 3 is 2.66 bits per heavy atom. The number of likely N-dealkylation sites (N-methyl/N-ethyl adjacent to an activating group) is 1. The lowest BCUT2D eigenvalue weighted by atomic mass is 10.1. The first kappa shape index (κ1) is 27.3. The van der Waals surface area contributed by atoms with E-state index >= 15 is 0 Å². The Kier molecular flexibility index (Phi) is 10.2. The number of amides is 3. The SMILES string of the molecule is CC(C)[C@@H]1COc2ccc(Cl)cc2C(=O)NCCCCN(C(=O)CN(C)C2CCCC2)CC(=O)N1. The molecular weight excluding hydrogens is 468 g/mol. The Morgan fingerprint density at radius 1 is 1.20 bits per heavy atom. The van der Waals surface area contributed by atoms with Gasteiger partial charge >= 0.3 is 0 Å². The van der Waals surface area contributed by atoms with Crippen molar-refractivity contribution in [1.29, 1.82) is 0 Å². The van der Waals surface area contributed by atoms with Crippen molar-refractivity contribution < 1.29 is 19.1 Å². The van der Waals surface area contributed by atoms with Gasteiger partial charge in [0.2, 0.25) is 11.8 Å². The molecule has 3 rings (SSSR count). The van der Waals surface area contributed by atoms with Crippen molar-refractivity contribution in [3.05, 3.63) is 28.8 Å². The van der Waals surface area contributed by atoms with E-state index in [1.54, 1.807) is 23.1 Å². The number of rotatable bonds is 4. The molecule has 0 unspecified atom stereocenters. The van der Waals surface area contributed by atoms with Crippen molar-refractivity contribution in [2.45, 2.75) is 64.5 Å². The van der Waals surface area contributed by atoms with E-state index in [2.05, 4.69) is 15.5 Å². The number of ether oxygens (including phenoxy) is 1. The predicted octanol–water partition coefficient (Wildman–Crippen LogP) is 3.09. The summed E-state index contributed by atoms with van der Waals surface area (Å²) in [5, 5.41) is 6.40. The van der Waals surface area contributed by atoms with Crippen molar-refractivity contribution in [3.8, 4) is 5.75 Å². The number of nitrogens with one attached hydrogen (secondary N) is 2. The molecule has 35 heavy (non-hydrogen) atoms. The fourth-order valence-corrected chi connectivity index (χ4v) is 4.79. The van der Waals surface area contributed by atoms with Crippen LogP contribution >= 0.6 is 11.6 Å². The number of hydrogen-bond acceptors (Lipinski definition) is 5. The fraction of sp³-hybridized carbons (Fsp3) is 0.654. The highest BCUT2D eigenvalue weighted by Gasteiger charge is 2.26. The van der Waals surface area contributed by atoms with Crippen LogP contribution in [0.1, 0.15) is 62.7 Å². The van der Waals surface area contributed by atoms with Gasteiger partial charge in [-0.05, 0) is 56.8 Å². The summed E-state index contributed by atoms with van der Waals surface area (Å²) >= 11 is 6.12. The van der Waals surface area contributed by atoms with Crippen molar-refractivity contribution in [2.75, 3.05) is 39.8 Å². The van der Waals surface area contributed by atoms with Gasteiger partial charge in [-0.15, -0.1) is 0 Å². The largest absolute Gasteiger partial charge is 0.491 e. The number of halogens is 1. The Bertz CT molecular complexity index is 888. The van der Waals surface area contributed by atoms with E-state index in [1.807, 2.05) is 20.9 Å². The maximum atomic E-state index is 13.2. The highest BCUT2D eigenvalue weighted by Crippen LogP contribution is 2.24. The Balaban J connectivity index is 1.72. The molecule has 0 spiro atoms. The summed E-state index contributed by atoms with van der Waals surface area (Å²) in [5.41, 5.74) is 0.368. The van der Waals surface area contributed by atoms with Crippen LogP contribution in [0.2, 0.25) is 5.02 Å². The van der Waals surface area contributed by atoms with Gasteiger partial charge in [0.25, 0.3) is 5.91 Å². The first-order valence-corrected chi connectivity index (χ1v) is 13.1. The molecule has 8 nitrogen and oxygen atoms in total. The third kappa shape index (κ3) is 8.10. The van der Waals surface area contributed by atoms with Crippen molar-refractivity contribution >= 4 is 29.3 Å². The van der Waals surface area contributed by atoms with Crippen LogP contribution < -0.4 is 15.4 Å². The summed E-state index contributed by atoms with van der Waals surface area (Å²) in [4.78, 5) is 42.7. The quantitative estimate of drug-likeness (QED) is 0.655. The van der Waals surface area contributed by atoms with Gasteiger partial charge in [0, 0.05) is 24.2 Å². The maximum absolute atomic E-state index is 13.2. The molecule has 2 aliphatic rings. The normalized spacial score (nSPS) is 21.1. The van der Waals surface area contributed by atoms with Crippen LogP contribution in [-0.4, -0.2) is 79.4 Å². The average Bonchev–Trinajstić information content (AvgIpc) is 3.35. The van der Waals surface area contributed by atoms with Crippen LogP contribution in [0.5, 0.6) is 5.75 Å². The maximum Gasteiger partial charge on any atom is 0.255 e.